The summed E-state index contributed by atoms with van der Waals surface area (Å²) in [6.45, 7) is 1.18. The zero-order chi connectivity index (χ0) is 23.5. The van der Waals surface area contributed by atoms with Crippen molar-refractivity contribution in [3.05, 3.63) is 47.0 Å². The van der Waals surface area contributed by atoms with Gasteiger partial charge in [0.15, 0.2) is 5.13 Å². The molecular formula is C24H32N4O4S. The third-order valence-corrected chi connectivity index (χ3v) is 6.44. The van der Waals surface area contributed by atoms with Crippen LogP contribution >= 0.6 is 11.3 Å². The van der Waals surface area contributed by atoms with Crippen LogP contribution in [-0.4, -0.2) is 54.4 Å². The number of carbonyl (C=O) groups excluding carboxylic acids is 3. The number of hydrogen-bond donors (Lipinski definition) is 2. The van der Waals surface area contributed by atoms with E-state index < -0.39 is 0 Å². The molecule has 2 N–H and O–H groups in total. The molecule has 1 heterocycles. The molecule has 0 radical (unpaired) electrons. The summed E-state index contributed by atoms with van der Waals surface area (Å²) >= 11 is 1.26. The second-order valence-electron chi connectivity index (χ2n) is 8.22. The van der Waals surface area contributed by atoms with E-state index in [-0.39, 0.29) is 36.6 Å². The Morgan fingerprint density at radius 1 is 1.12 bits per heavy atom. The minimum absolute atomic E-state index is 0.00994. The van der Waals surface area contributed by atoms with E-state index in [4.69, 9.17) is 4.74 Å². The number of ether oxygens (including phenoxy) is 1. The van der Waals surface area contributed by atoms with Crippen molar-refractivity contribution >= 4 is 34.2 Å². The molecule has 0 spiro atoms. The van der Waals surface area contributed by atoms with Crippen molar-refractivity contribution in [2.45, 2.75) is 45.1 Å². The van der Waals surface area contributed by atoms with Crippen LogP contribution in [0.3, 0.4) is 0 Å². The lowest BCUT2D eigenvalue weighted by Gasteiger charge is -2.28. The number of rotatable bonds is 11. The second-order valence-corrected chi connectivity index (χ2v) is 9.08. The van der Waals surface area contributed by atoms with Crippen LogP contribution in [0.1, 0.15) is 43.4 Å². The maximum absolute atomic E-state index is 12.9. The van der Waals surface area contributed by atoms with Gasteiger partial charge in [-0.15, -0.1) is 11.3 Å². The number of aromatic nitrogens is 1. The molecule has 1 aliphatic rings. The first kappa shape index (κ1) is 24.9. The SMILES string of the molecule is COCCN(CC(=O)Nc1nc(CC(=O)NCc2ccccc2)cs1)C(=O)C1CCCCC1. The first-order chi connectivity index (χ1) is 16.0. The normalized spacial score (nSPS) is 14.0. The van der Waals surface area contributed by atoms with Gasteiger partial charge in [0.1, 0.15) is 6.54 Å². The van der Waals surface area contributed by atoms with E-state index in [9.17, 15) is 14.4 Å². The standard InChI is InChI=1S/C24H32N4O4S/c1-32-13-12-28(23(31)19-10-6-3-7-11-19)16-22(30)27-24-26-20(17-33-24)14-21(29)25-15-18-8-4-2-5-9-18/h2,4-5,8-9,17,19H,3,6-7,10-16H2,1H3,(H,25,29)(H,26,27,30). The number of thiazole rings is 1. The van der Waals surface area contributed by atoms with E-state index in [0.717, 1.165) is 31.2 Å². The summed E-state index contributed by atoms with van der Waals surface area (Å²) < 4.78 is 5.12. The van der Waals surface area contributed by atoms with Crippen LogP contribution in [0, 0.1) is 5.92 Å². The number of amides is 3. The van der Waals surface area contributed by atoms with Gasteiger partial charge in [-0.05, 0) is 18.4 Å². The Bertz CT molecular complexity index is 912. The van der Waals surface area contributed by atoms with Gasteiger partial charge in [0, 0.05) is 31.5 Å². The summed E-state index contributed by atoms with van der Waals surface area (Å²) in [6, 6.07) is 9.68. The smallest absolute Gasteiger partial charge is 0.245 e. The zero-order valence-electron chi connectivity index (χ0n) is 19.0. The summed E-state index contributed by atoms with van der Waals surface area (Å²) in [5, 5.41) is 7.81. The van der Waals surface area contributed by atoms with Crippen LogP contribution in [0.25, 0.3) is 0 Å². The molecule has 0 atom stereocenters. The highest BCUT2D eigenvalue weighted by atomic mass is 32.1. The predicted molar refractivity (Wildman–Crippen MR) is 128 cm³/mol. The van der Waals surface area contributed by atoms with Gasteiger partial charge >= 0.3 is 0 Å². The van der Waals surface area contributed by atoms with Crippen molar-refractivity contribution in [1.82, 2.24) is 15.2 Å². The highest BCUT2D eigenvalue weighted by Crippen LogP contribution is 2.25. The summed E-state index contributed by atoms with van der Waals surface area (Å²) in [5.41, 5.74) is 1.62. The highest BCUT2D eigenvalue weighted by molar-refractivity contribution is 7.13. The van der Waals surface area contributed by atoms with Crippen LogP contribution in [-0.2, 0) is 32.1 Å². The molecule has 3 rings (SSSR count). The first-order valence-electron chi connectivity index (χ1n) is 11.4. The average molecular weight is 473 g/mol. The molecule has 1 aliphatic carbocycles. The Balaban J connectivity index is 1.48. The minimum Gasteiger partial charge on any atom is -0.383 e. The van der Waals surface area contributed by atoms with E-state index >= 15 is 0 Å². The molecule has 1 aromatic heterocycles. The molecule has 9 heteroatoms. The Kier molecular flexibility index (Phi) is 9.83. The Morgan fingerprint density at radius 2 is 1.88 bits per heavy atom. The average Bonchev–Trinajstić information content (AvgIpc) is 3.27. The van der Waals surface area contributed by atoms with Gasteiger partial charge in [-0.25, -0.2) is 4.98 Å². The van der Waals surface area contributed by atoms with Gasteiger partial charge in [-0.2, -0.15) is 0 Å². The third kappa shape index (κ3) is 8.25. The topological polar surface area (TPSA) is 101 Å². The van der Waals surface area contributed by atoms with E-state index in [0.29, 0.717) is 30.5 Å². The molecule has 0 unspecified atom stereocenters. The molecule has 1 saturated carbocycles. The Labute approximate surface area is 198 Å². The van der Waals surface area contributed by atoms with Crippen molar-refractivity contribution in [3.63, 3.8) is 0 Å². The summed E-state index contributed by atoms with van der Waals surface area (Å²) in [7, 11) is 1.58. The molecule has 0 aliphatic heterocycles. The fourth-order valence-electron chi connectivity index (χ4n) is 3.88. The molecule has 178 valence electrons. The fraction of sp³-hybridized carbons (Fsp3) is 0.500. The van der Waals surface area contributed by atoms with Crippen molar-refractivity contribution in [3.8, 4) is 0 Å². The molecule has 1 aromatic carbocycles. The molecule has 1 fully saturated rings. The third-order valence-electron chi connectivity index (χ3n) is 5.64. The van der Waals surface area contributed by atoms with Gasteiger partial charge in [0.2, 0.25) is 17.7 Å². The van der Waals surface area contributed by atoms with Crippen molar-refractivity contribution < 1.29 is 19.1 Å². The number of nitrogens with one attached hydrogen (secondary N) is 2. The van der Waals surface area contributed by atoms with E-state index in [1.54, 1.807) is 17.4 Å². The largest absolute Gasteiger partial charge is 0.383 e. The van der Waals surface area contributed by atoms with E-state index in [2.05, 4.69) is 15.6 Å². The first-order valence-corrected chi connectivity index (χ1v) is 12.3. The quantitative estimate of drug-likeness (QED) is 0.524. The number of benzene rings is 1. The lowest BCUT2D eigenvalue weighted by Crippen LogP contribution is -2.43. The van der Waals surface area contributed by atoms with Gasteiger partial charge in [0.05, 0.1) is 18.7 Å². The maximum Gasteiger partial charge on any atom is 0.245 e. The number of anilines is 1. The summed E-state index contributed by atoms with van der Waals surface area (Å²) in [4.78, 5) is 43.6. The van der Waals surface area contributed by atoms with Crippen molar-refractivity contribution in [2.24, 2.45) is 5.92 Å². The van der Waals surface area contributed by atoms with Gasteiger partial charge in [-0.3, -0.25) is 14.4 Å². The van der Waals surface area contributed by atoms with Crippen LogP contribution in [0.4, 0.5) is 5.13 Å². The van der Waals surface area contributed by atoms with Crippen LogP contribution in [0.5, 0.6) is 0 Å². The highest BCUT2D eigenvalue weighted by Gasteiger charge is 2.27. The predicted octanol–water partition coefficient (Wildman–Crippen LogP) is 3.00. The van der Waals surface area contributed by atoms with Crippen molar-refractivity contribution in [2.75, 3.05) is 32.1 Å². The molecule has 33 heavy (non-hydrogen) atoms. The minimum atomic E-state index is -0.301. The molecule has 0 saturated heterocycles. The molecule has 0 bridgehead atoms. The molecule has 3 amide bonds. The Hall–Kier alpha value is -2.78. The lowest BCUT2D eigenvalue weighted by molar-refractivity contribution is -0.139. The van der Waals surface area contributed by atoms with Gasteiger partial charge in [-0.1, -0.05) is 49.6 Å². The number of carbonyl (C=O) groups is 3. The zero-order valence-corrected chi connectivity index (χ0v) is 19.9. The van der Waals surface area contributed by atoms with Crippen molar-refractivity contribution in [1.29, 1.82) is 0 Å². The molecular weight excluding hydrogens is 440 g/mol. The fourth-order valence-corrected chi connectivity index (χ4v) is 4.60. The number of hydrogen-bond acceptors (Lipinski definition) is 6. The Morgan fingerprint density at radius 3 is 2.61 bits per heavy atom. The monoisotopic (exact) mass is 472 g/mol. The molecule has 2 aromatic rings. The van der Waals surface area contributed by atoms with Crippen LogP contribution in [0.15, 0.2) is 35.7 Å². The summed E-state index contributed by atoms with van der Waals surface area (Å²) in [5.74, 6) is -0.420. The van der Waals surface area contributed by atoms with E-state index in [1.807, 2.05) is 30.3 Å². The van der Waals surface area contributed by atoms with Crippen LogP contribution in [0.2, 0.25) is 0 Å². The van der Waals surface area contributed by atoms with Gasteiger partial charge < -0.3 is 20.3 Å². The van der Waals surface area contributed by atoms with Crippen LogP contribution < -0.4 is 10.6 Å². The molecule has 8 nitrogen and oxygen atoms in total. The van der Waals surface area contributed by atoms with E-state index in [1.165, 1.54) is 17.8 Å². The second kappa shape index (κ2) is 13.1. The summed E-state index contributed by atoms with van der Waals surface area (Å²) in [6.07, 6.45) is 5.18. The lowest BCUT2D eigenvalue weighted by atomic mass is 9.88. The van der Waals surface area contributed by atoms with Gasteiger partial charge in [0.25, 0.3) is 0 Å². The number of nitrogens with zero attached hydrogens (tertiary/aromatic N) is 2. The number of methoxy groups -OCH3 is 1. The maximum atomic E-state index is 12.9.